The molecule has 1 heterocycles. The molecule has 0 saturated heterocycles. The summed E-state index contributed by atoms with van der Waals surface area (Å²) in [7, 11) is 3.57. The van der Waals surface area contributed by atoms with Crippen molar-refractivity contribution in [2.45, 2.75) is 32.9 Å². The highest BCUT2D eigenvalue weighted by Crippen LogP contribution is 1.95. The van der Waals surface area contributed by atoms with Gasteiger partial charge >= 0.3 is 5.97 Å². The molecule has 0 radical (unpaired) electrons. The van der Waals surface area contributed by atoms with E-state index < -0.39 is 0 Å². The number of aliphatic imine (C=N–C) groups is 1. The number of nitrogens with one attached hydrogen (secondary N) is 2. The van der Waals surface area contributed by atoms with Crippen LogP contribution in [0.25, 0.3) is 0 Å². The fourth-order valence-corrected chi connectivity index (χ4v) is 1.57. The number of aryl methyl sites for hydroxylation is 1. The Morgan fingerprint density at radius 3 is 2.80 bits per heavy atom. The summed E-state index contributed by atoms with van der Waals surface area (Å²) in [4.78, 5) is 15.5. The molecular weight excluding hydrogens is 258 g/mol. The summed E-state index contributed by atoms with van der Waals surface area (Å²) in [6.07, 6.45) is 1.98. The molecule has 0 aromatic carbocycles. The van der Waals surface area contributed by atoms with Crippen molar-refractivity contribution in [3.8, 4) is 0 Å². The van der Waals surface area contributed by atoms with Crippen LogP contribution in [0.1, 0.15) is 26.0 Å². The van der Waals surface area contributed by atoms with Crippen molar-refractivity contribution in [3.05, 3.63) is 18.0 Å². The lowest BCUT2D eigenvalue weighted by atomic mass is 10.4. The first kappa shape index (κ1) is 16.0. The lowest BCUT2D eigenvalue weighted by molar-refractivity contribution is -0.147. The van der Waals surface area contributed by atoms with Crippen molar-refractivity contribution >= 4 is 11.9 Å². The second kappa shape index (κ2) is 8.19. The molecule has 1 rings (SSSR count). The summed E-state index contributed by atoms with van der Waals surface area (Å²) >= 11 is 0. The molecule has 2 N–H and O–H groups in total. The summed E-state index contributed by atoms with van der Waals surface area (Å²) in [5.41, 5.74) is 1.05. The fourth-order valence-electron chi connectivity index (χ4n) is 1.57. The maximum absolute atomic E-state index is 11.4. The van der Waals surface area contributed by atoms with Crippen LogP contribution < -0.4 is 10.6 Å². The Morgan fingerprint density at radius 2 is 2.25 bits per heavy atom. The van der Waals surface area contributed by atoms with Crippen molar-refractivity contribution in [1.82, 2.24) is 20.4 Å². The molecular formula is C13H23N5O2. The summed E-state index contributed by atoms with van der Waals surface area (Å²) in [5, 5.41) is 10.3. The van der Waals surface area contributed by atoms with Crippen molar-refractivity contribution < 1.29 is 9.53 Å². The number of guanidine groups is 1. The first-order chi connectivity index (χ1) is 9.52. The van der Waals surface area contributed by atoms with E-state index in [1.165, 1.54) is 0 Å². The van der Waals surface area contributed by atoms with Gasteiger partial charge in [0.1, 0.15) is 0 Å². The minimum absolute atomic E-state index is 0.0789. The van der Waals surface area contributed by atoms with Gasteiger partial charge in [0.05, 0.1) is 24.8 Å². The predicted molar refractivity (Wildman–Crippen MR) is 77.3 cm³/mol. The Kier molecular flexibility index (Phi) is 6.55. The lowest BCUT2D eigenvalue weighted by Crippen LogP contribution is -2.38. The van der Waals surface area contributed by atoms with Crippen LogP contribution in [-0.4, -0.2) is 41.4 Å². The zero-order valence-corrected chi connectivity index (χ0v) is 12.5. The van der Waals surface area contributed by atoms with Crippen LogP contribution in [0.5, 0.6) is 0 Å². The number of nitrogens with zero attached hydrogens (tertiary/aromatic N) is 3. The maximum atomic E-state index is 11.4. The highest BCUT2D eigenvalue weighted by atomic mass is 16.5. The van der Waals surface area contributed by atoms with Gasteiger partial charge in [0, 0.05) is 26.8 Å². The van der Waals surface area contributed by atoms with Crippen molar-refractivity contribution in [3.63, 3.8) is 0 Å². The monoisotopic (exact) mass is 281 g/mol. The third kappa shape index (κ3) is 5.73. The molecule has 0 fully saturated rings. The van der Waals surface area contributed by atoms with Crippen LogP contribution in [0.15, 0.2) is 17.3 Å². The molecule has 1 aromatic rings. The molecule has 112 valence electrons. The number of carbonyl (C=O) groups is 1. The van der Waals surface area contributed by atoms with Crippen molar-refractivity contribution in [2.24, 2.45) is 12.0 Å². The molecule has 0 aliphatic rings. The quantitative estimate of drug-likeness (QED) is 0.449. The molecule has 7 nitrogen and oxygen atoms in total. The van der Waals surface area contributed by atoms with Gasteiger partial charge in [-0.2, -0.15) is 5.10 Å². The lowest BCUT2D eigenvalue weighted by Gasteiger charge is -2.12. The van der Waals surface area contributed by atoms with E-state index in [4.69, 9.17) is 4.74 Å². The smallest absolute Gasteiger partial charge is 0.307 e. The second-order valence-electron chi connectivity index (χ2n) is 4.59. The van der Waals surface area contributed by atoms with E-state index in [1.54, 1.807) is 17.9 Å². The summed E-state index contributed by atoms with van der Waals surface area (Å²) in [5.74, 6) is 0.429. The number of esters is 1. The third-order valence-corrected chi connectivity index (χ3v) is 2.57. The SMILES string of the molecule is CN=C(NCCC(=O)OC(C)C)NCc1ccnn1C. The van der Waals surface area contributed by atoms with Crippen LogP contribution in [-0.2, 0) is 23.1 Å². The van der Waals surface area contributed by atoms with Crippen molar-refractivity contribution in [2.75, 3.05) is 13.6 Å². The number of ether oxygens (including phenoxy) is 1. The number of hydrogen-bond acceptors (Lipinski definition) is 4. The van der Waals surface area contributed by atoms with Gasteiger partial charge in [-0.05, 0) is 19.9 Å². The van der Waals surface area contributed by atoms with E-state index in [0.29, 0.717) is 25.5 Å². The van der Waals surface area contributed by atoms with E-state index in [2.05, 4.69) is 20.7 Å². The number of rotatable bonds is 6. The number of carbonyl (C=O) groups excluding carboxylic acids is 1. The number of aromatic nitrogens is 2. The zero-order chi connectivity index (χ0) is 15.0. The van der Waals surface area contributed by atoms with E-state index >= 15 is 0 Å². The molecule has 0 bridgehead atoms. The Bertz CT molecular complexity index is 453. The van der Waals surface area contributed by atoms with Gasteiger partial charge in [0.25, 0.3) is 0 Å². The highest BCUT2D eigenvalue weighted by Gasteiger charge is 2.06. The first-order valence-corrected chi connectivity index (χ1v) is 6.63. The molecule has 0 aliphatic carbocycles. The fraction of sp³-hybridized carbons (Fsp3) is 0.615. The Balaban J connectivity index is 2.27. The molecule has 0 unspecified atom stereocenters. The van der Waals surface area contributed by atoms with Crippen molar-refractivity contribution in [1.29, 1.82) is 0 Å². The Morgan fingerprint density at radius 1 is 1.50 bits per heavy atom. The Hall–Kier alpha value is -2.05. The predicted octanol–water partition coefficient (Wildman–Crippen LogP) is 0.427. The van der Waals surface area contributed by atoms with Gasteiger partial charge in [-0.1, -0.05) is 0 Å². The molecule has 1 aromatic heterocycles. The Labute approximate surface area is 119 Å². The average Bonchev–Trinajstić information content (AvgIpc) is 2.78. The van der Waals surface area contributed by atoms with Gasteiger partial charge in [0.2, 0.25) is 0 Å². The molecule has 0 spiro atoms. The molecule has 0 saturated carbocycles. The second-order valence-corrected chi connectivity index (χ2v) is 4.59. The van der Waals surface area contributed by atoms with E-state index in [1.807, 2.05) is 27.0 Å². The highest BCUT2D eigenvalue weighted by molar-refractivity contribution is 5.80. The van der Waals surface area contributed by atoms with Crippen LogP contribution in [0.2, 0.25) is 0 Å². The van der Waals surface area contributed by atoms with Crippen LogP contribution in [0.3, 0.4) is 0 Å². The average molecular weight is 281 g/mol. The summed E-state index contributed by atoms with van der Waals surface area (Å²) in [6, 6.07) is 1.93. The minimum Gasteiger partial charge on any atom is -0.463 e. The van der Waals surface area contributed by atoms with Gasteiger partial charge in [-0.25, -0.2) is 0 Å². The van der Waals surface area contributed by atoms with Crippen LogP contribution >= 0.6 is 0 Å². The molecule has 0 atom stereocenters. The normalized spacial score (nSPS) is 11.6. The maximum Gasteiger partial charge on any atom is 0.307 e. The largest absolute Gasteiger partial charge is 0.463 e. The van der Waals surface area contributed by atoms with Gasteiger partial charge in [-0.15, -0.1) is 0 Å². The molecule has 0 aliphatic heterocycles. The van der Waals surface area contributed by atoms with Gasteiger partial charge < -0.3 is 15.4 Å². The van der Waals surface area contributed by atoms with E-state index in [9.17, 15) is 4.79 Å². The molecule has 0 amide bonds. The zero-order valence-electron chi connectivity index (χ0n) is 12.5. The molecule has 7 heteroatoms. The van der Waals surface area contributed by atoms with E-state index in [0.717, 1.165) is 5.69 Å². The van der Waals surface area contributed by atoms with Crippen LogP contribution in [0, 0.1) is 0 Å². The molecule has 20 heavy (non-hydrogen) atoms. The minimum atomic E-state index is -0.213. The van der Waals surface area contributed by atoms with E-state index in [-0.39, 0.29) is 12.1 Å². The van der Waals surface area contributed by atoms with Gasteiger partial charge in [0.15, 0.2) is 5.96 Å². The first-order valence-electron chi connectivity index (χ1n) is 6.63. The summed E-state index contributed by atoms with van der Waals surface area (Å²) < 4.78 is 6.84. The standard InChI is InChI=1S/C13H23N5O2/c1-10(2)20-12(19)6-7-15-13(14-3)16-9-11-5-8-17-18(11)4/h5,8,10H,6-7,9H2,1-4H3,(H2,14,15,16). The van der Waals surface area contributed by atoms with Gasteiger partial charge in [-0.3, -0.25) is 14.5 Å². The number of hydrogen-bond donors (Lipinski definition) is 2. The topological polar surface area (TPSA) is 80.5 Å². The van der Waals surface area contributed by atoms with Crippen LogP contribution in [0.4, 0.5) is 0 Å². The summed E-state index contributed by atoms with van der Waals surface area (Å²) in [6.45, 7) is 4.77. The third-order valence-electron chi connectivity index (χ3n) is 2.57.